The summed E-state index contributed by atoms with van der Waals surface area (Å²) in [6.45, 7) is 2.33. The Morgan fingerprint density at radius 3 is 2.90 bits per heavy atom. The van der Waals surface area contributed by atoms with Crippen molar-refractivity contribution >= 4 is 23.5 Å². The van der Waals surface area contributed by atoms with Gasteiger partial charge in [0.25, 0.3) is 5.91 Å². The SMILES string of the molecule is C[C@H]1CCCC[C@@]12NC(=O)N(Cc1cccc(Cl)c1)C2=O. The third-order valence-electron chi connectivity index (χ3n) is 4.73. The molecular formula is C16H19ClN2O2. The van der Waals surface area contributed by atoms with E-state index in [0.29, 0.717) is 5.02 Å². The van der Waals surface area contributed by atoms with Crippen LogP contribution in [0.15, 0.2) is 24.3 Å². The molecule has 0 radical (unpaired) electrons. The van der Waals surface area contributed by atoms with Crippen LogP contribution in [0.4, 0.5) is 4.79 Å². The molecule has 1 aromatic rings. The Labute approximate surface area is 129 Å². The molecule has 3 amide bonds. The Hall–Kier alpha value is -1.55. The fourth-order valence-electron chi connectivity index (χ4n) is 3.46. The molecule has 2 aliphatic rings. The number of benzene rings is 1. The fraction of sp³-hybridized carbons (Fsp3) is 0.500. The summed E-state index contributed by atoms with van der Waals surface area (Å²) in [5, 5.41) is 3.57. The van der Waals surface area contributed by atoms with Gasteiger partial charge >= 0.3 is 6.03 Å². The number of amides is 3. The second-order valence-corrected chi connectivity index (χ2v) is 6.51. The summed E-state index contributed by atoms with van der Waals surface area (Å²) in [6, 6.07) is 6.99. The molecule has 1 saturated carbocycles. The first kappa shape index (κ1) is 14.4. The molecular weight excluding hydrogens is 288 g/mol. The van der Waals surface area contributed by atoms with E-state index in [2.05, 4.69) is 12.2 Å². The average Bonchev–Trinajstić information content (AvgIpc) is 2.68. The summed E-state index contributed by atoms with van der Waals surface area (Å²) in [7, 11) is 0. The van der Waals surface area contributed by atoms with Crippen LogP contribution in [0.5, 0.6) is 0 Å². The van der Waals surface area contributed by atoms with E-state index in [0.717, 1.165) is 31.2 Å². The number of nitrogens with one attached hydrogen (secondary N) is 1. The van der Waals surface area contributed by atoms with Gasteiger partial charge in [-0.2, -0.15) is 0 Å². The van der Waals surface area contributed by atoms with E-state index in [-0.39, 0.29) is 24.4 Å². The smallest absolute Gasteiger partial charge is 0.323 e. The van der Waals surface area contributed by atoms with Crippen molar-refractivity contribution in [2.45, 2.75) is 44.7 Å². The van der Waals surface area contributed by atoms with Crippen LogP contribution in [0.1, 0.15) is 38.2 Å². The highest BCUT2D eigenvalue weighted by molar-refractivity contribution is 6.30. The van der Waals surface area contributed by atoms with Crippen molar-refractivity contribution in [3.05, 3.63) is 34.9 Å². The van der Waals surface area contributed by atoms with Crippen LogP contribution in [0.25, 0.3) is 0 Å². The average molecular weight is 307 g/mol. The molecule has 2 atom stereocenters. The lowest BCUT2D eigenvalue weighted by atomic mass is 9.73. The van der Waals surface area contributed by atoms with Gasteiger partial charge in [-0.05, 0) is 36.5 Å². The Kier molecular flexibility index (Phi) is 3.66. The molecule has 0 bridgehead atoms. The van der Waals surface area contributed by atoms with E-state index in [4.69, 9.17) is 11.6 Å². The molecule has 1 saturated heterocycles. The summed E-state index contributed by atoms with van der Waals surface area (Å²) in [5.41, 5.74) is 0.181. The third-order valence-corrected chi connectivity index (χ3v) is 4.97. The van der Waals surface area contributed by atoms with Gasteiger partial charge in [0, 0.05) is 5.02 Å². The van der Waals surface area contributed by atoms with E-state index >= 15 is 0 Å². The maximum Gasteiger partial charge on any atom is 0.325 e. The summed E-state index contributed by atoms with van der Waals surface area (Å²) in [6.07, 6.45) is 3.84. The second-order valence-electron chi connectivity index (χ2n) is 6.07. The Bertz CT molecular complexity index is 589. The predicted octanol–water partition coefficient (Wildman–Crippen LogP) is 3.34. The molecule has 2 fully saturated rings. The van der Waals surface area contributed by atoms with Crippen LogP contribution in [0.2, 0.25) is 5.02 Å². The van der Waals surface area contributed by atoms with Crippen LogP contribution in [0, 0.1) is 5.92 Å². The summed E-state index contributed by atoms with van der Waals surface area (Å²) < 4.78 is 0. The Balaban J connectivity index is 1.84. The molecule has 1 aliphatic carbocycles. The van der Waals surface area contributed by atoms with Gasteiger partial charge in [-0.25, -0.2) is 4.79 Å². The van der Waals surface area contributed by atoms with Crippen LogP contribution in [-0.4, -0.2) is 22.4 Å². The first-order valence-electron chi connectivity index (χ1n) is 7.41. The molecule has 1 aromatic carbocycles. The minimum atomic E-state index is -0.687. The lowest BCUT2D eigenvalue weighted by molar-refractivity contribution is -0.134. The van der Waals surface area contributed by atoms with Crippen molar-refractivity contribution in [3.8, 4) is 0 Å². The first-order chi connectivity index (χ1) is 10.0. The highest BCUT2D eigenvalue weighted by Crippen LogP contribution is 2.38. The van der Waals surface area contributed by atoms with E-state index in [1.165, 1.54) is 4.90 Å². The number of urea groups is 1. The molecule has 5 heteroatoms. The molecule has 0 aromatic heterocycles. The zero-order valence-electron chi connectivity index (χ0n) is 12.1. The first-order valence-corrected chi connectivity index (χ1v) is 7.79. The number of carbonyl (C=O) groups excluding carboxylic acids is 2. The predicted molar refractivity (Wildman–Crippen MR) is 80.9 cm³/mol. The second kappa shape index (κ2) is 5.34. The van der Waals surface area contributed by atoms with Crippen LogP contribution in [-0.2, 0) is 11.3 Å². The number of carbonyl (C=O) groups is 2. The van der Waals surface area contributed by atoms with Gasteiger partial charge in [0.05, 0.1) is 6.54 Å². The topological polar surface area (TPSA) is 49.4 Å². The number of hydrogen-bond donors (Lipinski definition) is 1. The highest BCUT2D eigenvalue weighted by atomic mass is 35.5. The monoisotopic (exact) mass is 306 g/mol. The molecule has 4 nitrogen and oxygen atoms in total. The van der Waals surface area contributed by atoms with Crippen molar-refractivity contribution < 1.29 is 9.59 Å². The maximum absolute atomic E-state index is 12.8. The summed E-state index contributed by atoms with van der Waals surface area (Å²) in [4.78, 5) is 26.4. The van der Waals surface area contributed by atoms with Crippen molar-refractivity contribution in [2.24, 2.45) is 5.92 Å². The lowest BCUT2D eigenvalue weighted by Gasteiger charge is -2.36. The number of imide groups is 1. The number of rotatable bonds is 2. The number of nitrogens with zero attached hydrogens (tertiary/aromatic N) is 1. The lowest BCUT2D eigenvalue weighted by Crippen LogP contribution is -2.53. The Morgan fingerprint density at radius 2 is 2.19 bits per heavy atom. The maximum atomic E-state index is 12.8. The molecule has 1 spiro atoms. The molecule has 3 rings (SSSR count). The standard InChI is InChI=1S/C16H19ClN2O2/c1-11-5-2-3-8-16(11)14(20)19(15(21)18-16)10-12-6-4-7-13(17)9-12/h4,6-7,9,11H,2-3,5,8,10H2,1H3,(H,18,21)/t11-,16+/m0/s1. The van der Waals surface area contributed by atoms with E-state index in [1.54, 1.807) is 12.1 Å². The van der Waals surface area contributed by atoms with E-state index in [1.807, 2.05) is 12.1 Å². The van der Waals surface area contributed by atoms with Gasteiger partial charge in [0.15, 0.2) is 0 Å². The van der Waals surface area contributed by atoms with Crippen molar-refractivity contribution in [3.63, 3.8) is 0 Å². The summed E-state index contributed by atoms with van der Waals surface area (Å²) in [5.74, 6) is 0.103. The minimum Gasteiger partial charge on any atom is -0.323 e. The normalized spacial score (nSPS) is 29.0. The Morgan fingerprint density at radius 1 is 1.38 bits per heavy atom. The van der Waals surface area contributed by atoms with Crippen molar-refractivity contribution in [1.29, 1.82) is 0 Å². The number of halogens is 1. The van der Waals surface area contributed by atoms with Gasteiger partial charge in [-0.15, -0.1) is 0 Å². The van der Waals surface area contributed by atoms with Crippen LogP contribution in [0.3, 0.4) is 0 Å². The molecule has 1 aliphatic heterocycles. The van der Waals surface area contributed by atoms with Crippen LogP contribution >= 0.6 is 11.6 Å². The van der Waals surface area contributed by atoms with Gasteiger partial charge in [-0.3, -0.25) is 9.69 Å². The van der Waals surface area contributed by atoms with Crippen LogP contribution < -0.4 is 5.32 Å². The largest absolute Gasteiger partial charge is 0.325 e. The molecule has 112 valence electrons. The number of hydrogen-bond acceptors (Lipinski definition) is 2. The van der Waals surface area contributed by atoms with Gasteiger partial charge < -0.3 is 5.32 Å². The zero-order valence-corrected chi connectivity index (χ0v) is 12.8. The van der Waals surface area contributed by atoms with Gasteiger partial charge in [-0.1, -0.05) is 43.5 Å². The van der Waals surface area contributed by atoms with Crippen molar-refractivity contribution in [1.82, 2.24) is 10.2 Å². The third kappa shape index (κ3) is 2.42. The molecule has 1 N–H and O–H groups in total. The quantitative estimate of drug-likeness (QED) is 0.852. The van der Waals surface area contributed by atoms with E-state index in [9.17, 15) is 9.59 Å². The highest BCUT2D eigenvalue weighted by Gasteiger charge is 2.54. The van der Waals surface area contributed by atoms with E-state index < -0.39 is 5.54 Å². The molecule has 1 heterocycles. The molecule has 21 heavy (non-hydrogen) atoms. The fourth-order valence-corrected chi connectivity index (χ4v) is 3.67. The van der Waals surface area contributed by atoms with Gasteiger partial charge in [0.2, 0.25) is 0 Å². The van der Waals surface area contributed by atoms with Gasteiger partial charge in [0.1, 0.15) is 5.54 Å². The minimum absolute atomic E-state index is 0.0836. The molecule has 0 unspecified atom stereocenters. The zero-order chi connectivity index (χ0) is 15.0. The summed E-state index contributed by atoms with van der Waals surface area (Å²) >= 11 is 5.96. The van der Waals surface area contributed by atoms with Crippen molar-refractivity contribution in [2.75, 3.05) is 0 Å².